The van der Waals surface area contributed by atoms with E-state index in [0.717, 1.165) is 16.7 Å². The molecule has 0 bridgehead atoms. The van der Waals surface area contributed by atoms with Gasteiger partial charge in [-0.3, -0.25) is 0 Å². The molecule has 0 spiro atoms. The number of nitrogens with zero attached hydrogens (tertiary/aromatic N) is 1. The predicted molar refractivity (Wildman–Crippen MR) is 85.8 cm³/mol. The number of carbonyl (C=O) groups is 1. The molecule has 0 aliphatic heterocycles. The molecule has 108 valence electrons. The number of likely N-dealkylation sites (N-methyl/N-ethyl adjacent to an activating group) is 1. The Balaban J connectivity index is 2.31. The summed E-state index contributed by atoms with van der Waals surface area (Å²) in [4.78, 5) is 13.2. The number of benzene rings is 2. The molecule has 0 saturated heterocycles. The summed E-state index contributed by atoms with van der Waals surface area (Å²) in [6.07, 6.45) is 1.75. The van der Waals surface area contributed by atoms with E-state index in [1.54, 1.807) is 11.9 Å². The SMILES string of the molecule is COC(=O)N(C)C/C(=C\c1ccccc1)c1ccccc1. The van der Waals surface area contributed by atoms with Crippen LogP contribution >= 0.6 is 0 Å². The van der Waals surface area contributed by atoms with Crippen molar-refractivity contribution in [2.45, 2.75) is 0 Å². The van der Waals surface area contributed by atoms with E-state index < -0.39 is 0 Å². The normalized spacial score (nSPS) is 11.0. The molecule has 2 aromatic rings. The van der Waals surface area contributed by atoms with Gasteiger partial charge in [-0.2, -0.15) is 0 Å². The Morgan fingerprint density at radius 3 is 2.19 bits per heavy atom. The molecule has 0 radical (unpaired) electrons. The van der Waals surface area contributed by atoms with Gasteiger partial charge in [-0.25, -0.2) is 4.79 Å². The van der Waals surface area contributed by atoms with E-state index in [1.807, 2.05) is 60.7 Å². The molecule has 0 unspecified atom stereocenters. The van der Waals surface area contributed by atoms with Gasteiger partial charge in [-0.1, -0.05) is 60.7 Å². The second-order valence-corrected chi connectivity index (χ2v) is 4.77. The van der Waals surface area contributed by atoms with E-state index >= 15 is 0 Å². The molecule has 0 aromatic heterocycles. The summed E-state index contributed by atoms with van der Waals surface area (Å²) < 4.78 is 4.76. The minimum atomic E-state index is -0.343. The van der Waals surface area contributed by atoms with Crippen LogP contribution in [0.2, 0.25) is 0 Å². The molecule has 2 aromatic carbocycles. The van der Waals surface area contributed by atoms with Crippen LogP contribution in [0, 0.1) is 0 Å². The number of hydrogen-bond donors (Lipinski definition) is 0. The Kier molecular flexibility index (Phi) is 5.16. The highest BCUT2D eigenvalue weighted by Crippen LogP contribution is 2.19. The third-order valence-electron chi connectivity index (χ3n) is 3.18. The summed E-state index contributed by atoms with van der Waals surface area (Å²) in [5.74, 6) is 0. The van der Waals surface area contributed by atoms with Crippen LogP contribution in [0.4, 0.5) is 4.79 Å². The van der Waals surface area contributed by atoms with Gasteiger partial charge in [-0.05, 0) is 22.8 Å². The third kappa shape index (κ3) is 4.21. The Morgan fingerprint density at radius 1 is 1.05 bits per heavy atom. The lowest BCUT2D eigenvalue weighted by Crippen LogP contribution is -2.28. The highest BCUT2D eigenvalue weighted by molar-refractivity contribution is 5.84. The smallest absolute Gasteiger partial charge is 0.409 e. The highest BCUT2D eigenvalue weighted by Gasteiger charge is 2.11. The largest absolute Gasteiger partial charge is 0.453 e. The zero-order valence-corrected chi connectivity index (χ0v) is 12.3. The maximum absolute atomic E-state index is 11.6. The molecular formula is C18H19NO2. The first-order valence-electron chi connectivity index (χ1n) is 6.81. The number of hydrogen-bond acceptors (Lipinski definition) is 2. The molecule has 1 amide bonds. The third-order valence-corrected chi connectivity index (χ3v) is 3.18. The topological polar surface area (TPSA) is 29.5 Å². The van der Waals surface area contributed by atoms with Crippen LogP contribution in [0.1, 0.15) is 11.1 Å². The minimum absolute atomic E-state index is 0.343. The number of amides is 1. The Morgan fingerprint density at radius 2 is 1.62 bits per heavy atom. The quantitative estimate of drug-likeness (QED) is 0.795. The van der Waals surface area contributed by atoms with E-state index in [2.05, 4.69) is 6.08 Å². The molecule has 0 aliphatic carbocycles. The molecular weight excluding hydrogens is 262 g/mol. The van der Waals surface area contributed by atoms with Gasteiger partial charge in [0.25, 0.3) is 0 Å². The first-order valence-corrected chi connectivity index (χ1v) is 6.81. The number of carbonyl (C=O) groups excluding carboxylic acids is 1. The van der Waals surface area contributed by atoms with E-state index in [1.165, 1.54) is 7.11 Å². The summed E-state index contributed by atoms with van der Waals surface area (Å²) in [7, 11) is 3.12. The van der Waals surface area contributed by atoms with Gasteiger partial charge in [0.15, 0.2) is 0 Å². The van der Waals surface area contributed by atoms with Gasteiger partial charge in [-0.15, -0.1) is 0 Å². The van der Waals surface area contributed by atoms with Crippen molar-refractivity contribution >= 4 is 17.7 Å². The molecule has 2 rings (SSSR count). The van der Waals surface area contributed by atoms with Crippen LogP contribution in [0.25, 0.3) is 11.6 Å². The Labute approximate surface area is 125 Å². The molecule has 0 fully saturated rings. The first kappa shape index (κ1) is 14.9. The Bertz CT molecular complexity index is 606. The molecule has 21 heavy (non-hydrogen) atoms. The van der Waals surface area contributed by atoms with E-state index in [0.29, 0.717) is 6.54 Å². The minimum Gasteiger partial charge on any atom is -0.453 e. The fourth-order valence-electron chi connectivity index (χ4n) is 2.10. The molecule has 0 saturated carbocycles. The van der Waals surface area contributed by atoms with Crippen molar-refractivity contribution in [1.82, 2.24) is 4.90 Å². The molecule has 0 N–H and O–H groups in total. The summed E-state index contributed by atoms with van der Waals surface area (Å²) in [6.45, 7) is 0.492. The van der Waals surface area contributed by atoms with Crippen molar-refractivity contribution in [2.24, 2.45) is 0 Å². The summed E-state index contributed by atoms with van der Waals surface area (Å²) >= 11 is 0. The van der Waals surface area contributed by atoms with Crippen LogP contribution < -0.4 is 0 Å². The first-order chi connectivity index (χ1) is 10.2. The maximum Gasteiger partial charge on any atom is 0.409 e. The van der Waals surface area contributed by atoms with Gasteiger partial charge in [0.05, 0.1) is 7.11 Å². The van der Waals surface area contributed by atoms with Gasteiger partial charge < -0.3 is 9.64 Å². The zero-order chi connectivity index (χ0) is 15.1. The van der Waals surface area contributed by atoms with E-state index in [4.69, 9.17) is 4.74 Å². The summed E-state index contributed by atoms with van der Waals surface area (Å²) in [5.41, 5.74) is 3.27. The average molecular weight is 281 g/mol. The van der Waals surface area contributed by atoms with E-state index in [9.17, 15) is 4.79 Å². The zero-order valence-electron chi connectivity index (χ0n) is 12.3. The number of methoxy groups -OCH3 is 1. The summed E-state index contributed by atoms with van der Waals surface area (Å²) in [5, 5.41) is 0. The second kappa shape index (κ2) is 7.29. The molecule has 0 heterocycles. The van der Waals surface area contributed by atoms with Gasteiger partial charge in [0.1, 0.15) is 0 Å². The highest BCUT2D eigenvalue weighted by atomic mass is 16.5. The van der Waals surface area contributed by atoms with Crippen molar-refractivity contribution in [3.63, 3.8) is 0 Å². The molecule has 3 nitrogen and oxygen atoms in total. The maximum atomic E-state index is 11.6. The van der Waals surface area contributed by atoms with Gasteiger partial charge >= 0.3 is 6.09 Å². The van der Waals surface area contributed by atoms with Crippen molar-refractivity contribution in [2.75, 3.05) is 20.7 Å². The lowest BCUT2D eigenvalue weighted by Gasteiger charge is -2.18. The van der Waals surface area contributed by atoms with Crippen molar-refractivity contribution < 1.29 is 9.53 Å². The van der Waals surface area contributed by atoms with Gasteiger partial charge in [0.2, 0.25) is 0 Å². The second-order valence-electron chi connectivity index (χ2n) is 4.77. The van der Waals surface area contributed by atoms with Gasteiger partial charge in [0, 0.05) is 13.6 Å². The van der Waals surface area contributed by atoms with Crippen LogP contribution in [-0.4, -0.2) is 31.7 Å². The monoisotopic (exact) mass is 281 g/mol. The number of rotatable bonds is 4. The van der Waals surface area contributed by atoms with E-state index in [-0.39, 0.29) is 6.09 Å². The van der Waals surface area contributed by atoms with Crippen LogP contribution in [0.5, 0.6) is 0 Å². The summed E-state index contributed by atoms with van der Waals surface area (Å²) in [6, 6.07) is 20.1. The fraction of sp³-hybridized carbons (Fsp3) is 0.167. The molecule has 3 heteroatoms. The Hall–Kier alpha value is -2.55. The van der Waals surface area contributed by atoms with Crippen molar-refractivity contribution in [1.29, 1.82) is 0 Å². The van der Waals surface area contributed by atoms with Crippen LogP contribution in [0.15, 0.2) is 60.7 Å². The average Bonchev–Trinajstić information content (AvgIpc) is 2.55. The molecule has 0 atom stereocenters. The standard InChI is InChI=1S/C18H19NO2/c1-19(18(20)21-2)14-17(16-11-7-4-8-12-16)13-15-9-5-3-6-10-15/h3-13H,14H2,1-2H3/b17-13+. The number of ether oxygens (including phenoxy) is 1. The lowest BCUT2D eigenvalue weighted by atomic mass is 10.0. The van der Waals surface area contributed by atoms with Crippen molar-refractivity contribution in [3.05, 3.63) is 71.8 Å². The molecule has 0 aliphatic rings. The van der Waals surface area contributed by atoms with Crippen molar-refractivity contribution in [3.8, 4) is 0 Å². The van der Waals surface area contributed by atoms with Crippen LogP contribution in [0.3, 0.4) is 0 Å². The predicted octanol–water partition coefficient (Wildman–Crippen LogP) is 3.93. The lowest BCUT2D eigenvalue weighted by molar-refractivity contribution is 0.138. The fourth-order valence-corrected chi connectivity index (χ4v) is 2.10. The van der Waals surface area contributed by atoms with Crippen LogP contribution in [-0.2, 0) is 4.74 Å².